The van der Waals surface area contributed by atoms with Crippen molar-refractivity contribution in [3.8, 4) is 0 Å². The van der Waals surface area contributed by atoms with Crippen molar-refractivity contribution in [2.24, 2.45) is 0 Å². The molecule has 0 aliphatic carbocycles. The highest BCUT2D eigenvalue weighted by Gasteiger charge is 2.03. The summed E-state index contributed by atoms with van der Waals surface area (Å²) in [5.74, 6) is 0.0331. The second-order valence-corrected chi connectivity index (χ2v) is 17.5. The van der Waals surface area contributed by atoms with Gasteiger partial charge in [-0.2, -0.15) is 0 Å². The lowest BCUT2D eigenvalue weighted by Gasteiger charge is -2.06. The fourth-order valence-electron chi connectivity index (χ4n) is 8.20. The summed E-state index contributed by atoms with van der Waals surface area (Å²) >= 11 is 0. The Morgan fingerprint density at radius 3 is 0.623 bits per heavy atom. The average molecular weight is 747 g/mol. The Morgan fingerprint density at radius 2 is 0.415 bits per heavy atom. The molecule has 0 unspecified atom stereocenters. The second kappa shape index (κ2) is 49.5. The lowest BCUT2D eigenvalue weighted by atomic mass is 10.0. The summed E-state index contributed by atoms with van der Waals surface area (Å²) in [4.78, 5) is 12.0. The summed E-state index contributed by atoms with van der Waals surface area (Å²) in [5.41, 5.74) is 0. The first-order valence-electron chi connectivity index (χ1n) is 25.5. The zero-order valence-corrected chi connectivity index (χ0v) is 37.3. The van der Waals surface area contributed by atoms with Gasteiger partial charge in [-0.3, -0.25) is 4.79 Å². The third-order valence-corrected chi connectivity index (χ3v) is 12.0. The van der Waals surface area contributed by atoms with E-state index in [2.05, 4.69) is 13.8 Å². The Hall–Kier alpha value is -0.530. The highest BCUT2D eigenvalue weighted by molar-refractivity contribution is 5.69. The van der Waals surface area contributed by atoms with Crippen molar-refractivity contribution < 1.29 is 9.53 Å². The summed E-state index contributed by atoms with van der Waals surface area (Å²) in [6, 6.07) is 0. The smallest absolute Gasteiger partial charge is 0.305 e. The van der Waals surface area contributed by atoms with Crippen LogP contribution in [0.5, 0.6) is 0 Å². The number of ether oxygens (including phenoxy) is 1. The van der Waals surface area contributed by atoms with Gasteiger partial charge >= 0.3 is 5.97 Å². The minimum atomic E-state index is 0.0331. The van der Waals surface area contributed by atoms with Gasteiger partial charge in [0.2, 0.25) is 0 Å². The minimum Gasteiger partial charge on any atom is -0.466 e. The van der Waals surface area contributed by atoms with E-state index in [4.69, 9.17) is 4.74 Å². The van der Waals surface area contributed by atoms with Crippen LogP contribution in [-0.2, 0) is 9.53 Å². The van der Waals surface area contributed by atoms with Crippen molar-refractivity contribution in [3.05, 3.63) is 0 Å². The van der Waals surface area contributed by atoms with Crippen LogP contribution >= 0.6 is 0 Å². The number of unbranched alkanes of at least 4 members (excludes halogenated alkanes) is 44. The Balaban J connectivity index is 3.13. The molecule has 0 saturated carbocycles. The Bertz CT molecular complexity index is 644. The number of esters is 1. The van der Waals surface area contributed by atoms with Crippen LogP contribution in [0.25, 0.3) is 0 Å². The van der Waals surface area contributed by atoms with Gasteiger partial charge in [-0.25, -0.2) is 0 Å². The van der Waals surface area contributed by atoms with Gasteiger partial charge < -0.3 is 4.74 Å². The van der Waals surface area contributed by atoms with Crippen molar-refractivity contribution in [2.75, 3.05) is 6.61 Å². The predicted molar refractivity (Wildman–Crippen MR) is 239 cm³/mol. The molecule has 0 aromatic carbocycles. The quantitative estimate of drug-likeness (QED) is 0.0458. The summed E-state index contributed by atoms with van der Waals surface area (Å²) in [7, 11) is 0. The normalized spacial score (nSPS) is 11.5. The average Bonchev–Trinajstić information content (AvgIpc) is 3.16. The molecule has 0 aliphatic heterocycles. The first-order valence-corrected chi connectivity index (χ1v) is 25.5. The van der Waals surface area contributed by atoms with E-state index < -0.39 is 0 Å². The monoisotopic (exact) mass is 747 g/mol. The second-order valence-electron chi connectivity index (χ2n) is 17.5. The van der Waals surface area contributed by atoms with Crippen LogP contribution in [-0.4, -0.2) is 12.6 Å². The van der Waals surface area contributed by atoms with Gasteiger partial charge in [0.05, 0.1) is 6.61 Å². The van der Waals surface area contributed by atoms with E-state index in [9.17, 15) is 4.79 Å². The summed E-state index contributed by atoms with van der Waals surface area (Å²) in [6.45, 7) is 5.24. The molecule has 318 valence electrons. The maximum atomic E-state index is 12.0. The van der Waals surface area contributed by atoms with Gasteiger partial charge in [-0.1, -0.05) is 296 Å². The number of hydrogen-bond acceptors (Lipinski definition) is 2. The van der Waals surface area contributed by atoms with Crippen molar-refractivity contribution >= 4 is 5.97 Å². The van der Waals surface area contributed by atoms with E-state index in [1.807, 2.05) is 0 Å². The van der Waals surface area contributed by atoms with E-state index in [-0.39, 0.29) is 5.97 Å². The van der Waals surface area contributed by atoms with Gasteiger partial charge in [0, 0.05) is 6.42 Å². The van der Waals surface area contributed by atoms with Crippen LogP contribution in [0.3, 0.4) is 0 Å². The fourth-order valence-corrected chi connectivity index (χ4v) is 8.20. The Kier molecular flexibility index (Phi) is 49.0. The van der Waals surface area contributed by atoms with Crippen LogP contribution in [0.15, 0.2) is 0 Å². The SMILES string of the molecule is CCCCCCCCCCCCCCCCCCCCCCCCCCCCCCCCCC(=O)OCCCCCCCCCCCCCCCCC. The molecule has 0 bridgehead atoms. The van der Waals surface area contributed by atoms with Crippen LogP contribution in [0.1, 0.15) is 316 Å². The molecule has 0 heterocycles. The summed E-state index contributed by atoms with van der Waals surface area (Å²) in [6.07, 6.45) is 65.4. The molecule has 0 aliphatic rings. The van der Waals surface area contributed by atoms with E-state index in [1.54, 1.807) is 0 Å². The molecule has 53 heavy (non-hydrogen) atoms. The molecule has 0 aromatic heterocycles. The van der Waals surface area contributed by atoms with Gasteiger partial charge in [0.15, 0.2) is 0 Å². The maximum absolute atomic E-state index is 12.0. The van der Waals surface area contributed by atoms with Gasteiger partial charge in [0.25, 0.3) is 0 Å². The molecule has 0 radical (unpaired) electrons. The standard InChI is InChI=1S/C51H102O2/c1-3-5-7-9-11-13-15-17-19-20-21-22-23-24-25-26-27-28-29-30-31-32-33-34-35-37-39-41-43-45-47-49-51(52)53-50-48-46-44-42-40-38-36-18-16-14-12-10-8-6-4-2/h3-50H2,1-2H3. The number of hydrogen-bond donors (Lipinski definition) is 0. The van der Waals surface area contributed by atoms with Crippen molar-refractivity contribution in [3.63, 3.8) is 0 Å². The summed E-state index contributed by atoms with van der Waals surface area (Å²) in [5, 5.41) is 0. The van der Waals surface area contributed by atoms with Crippen LogP contribution in [0.2, 0.25) is 0 Å². The lowest BCUT2D eigenvalue weighted by molar-refractivity contribution is -0.143. The molecule has 2 nitrogen and oxygen atoms in total. The lowest BCUT2D eigenvalue weighted by Crippen LogP contribution is -2.05. The first-order chi connectivity index (χ1) is 26.3. The zero-order chi connectivity index (χ0) is 38.2. The fraction of sp³-hybridized carbons (Fsp3) is 0.980. The molecule has 0 spiro atoms. The van der Waals surface area contributed by atoms with Crippen LogP contribution in [0.4, 0.5) is 0 Å². The third-order valence-electron chi connectivity index (χ3n) is 12.0. The van der Waals surface area contributed by atoms with E-state index in [1.165, 1.54) is 283 Å². The molecule has 2 heteroatoms. The van der Waals surface area contributed by atoms with Gasteiger partial charge in [-0.05, 0) is 12.8 Å². The molecule has 0 aromatic rings. The molecular formula is C51H102O2. The third kappa shape index (κ3) is 49.5. The molecule has 0 fully saturated rings. The molecule has 0 amide bonds. The predicted octanol–water partition coefficient (Wildman–Crippen LogP) is 18.9. The number of rotatable bonds is 48. The summed E-state index contributed by atoms with van der Waals surface area (Å²) < 4.78 is 5.48. The first kappa shape index (κ1) is 52.5. The molecule has 0 N–H and O–H groups in total. The largest absolute Gasteiger partial charge is 0.466 e. The number of carbonyl (C=O) groups excluding carboxylic acids is 1. The van der Waals surface area contributed by atoms with Gasteiger partial charge in [0.1, 0.15) is 0 Å². The van der Waals surface area contributed by atoms with Crippen LogP contribution in [0, 0.1) is 0 Å². The molecule has 0 saturated heterocycles. The molecule has 0 atom stereocenters. The Labute approximate surface area is 336 Å². The highest BCUT2D eigenvalue weighted by Crippen LogP contribution is 2.18. The zero-order valence-electron chi connectivity index (χ0n) is 37.3. The molecule has 0 rings (SSSR count). The van der Waals surface area contributed by atoms with Gasteiger partial charge in [-0.15, -0.1) is 0 Å². The van der Waals surface area contributed by atoms with E-state index in [0.717, 1.165) is 12.8 Å². The van der Waals surface area contributed by atoms with Crippen molar-refractivity contribution in [1.29, 1.82) is 0 Å². The van der Waals surface area contributed by atoms with E-state index >= 15 is 0 Å². The minimum absolute atomic E-state index is 0.0331. The van der Waals surface area contributed by atoms with Crippen molar-refractivity contribution in [2.45, 2.75) is 316 Å². The van der Waals surface area contributed by atoms with Crippen LogP contribution < -0.4 is 0 Å². The number of carbonyl (C=O) groups is 1. The van der Waals surface area contributed by atoms with Crippen molar-refractivity contribution in [1.82, 2.24) is 0 Å². The molecular weight excluding hydrogens is 645 g/mol. The highest BCUT2D eigenvalue weighted by atomic mass is 16.5. The van der Waals surface area contributed by atoms with E-state index in [0.29, 0.717) is 13.0 Å². The maximum Gasteiger partial charge on any atom is 0.305 e. The Morgan fingerprint density at radius 1 is 0.245 bits per heavy atom. The topological polar surface area (TPSA) is 26.3 Å².